The van der Waals surface area contributed by atoms with E-state index in [-0.39, 0.29) is 6.61 Å². The van der Waals surface area contributed by atoms with Gasteiger partial charge in [-0.1, -0.05) is 42.5 Å². The second-order valence-electron chi connectivity index (χ2n) is 3.82. The summed E-state index contributed by atoms with van der Waals surface area (Å²) >= 11 is 0. The smallest absolute Gasteiger partial charge is 0.0681 e. The van der Waals surface area contributed by atoms with Crippen molar-refractivity contribution in [3.05, 3.63) is 65.7 Å². The minimum absolute atomic E-state index is 0.0932. The fourth-order valence-corrected chi connectivity index (χ4v) is 1.53. The molecule has 0 saturated heterocycles. The van der Waals surface area contributed by atoms with Crippen molar-refractivity contribution in [2.24, 2.45) is 0 Å². The van der Waals surface area contributed by atoms with Gasteiger partial charge in [-0.2, -0.15) is 0 Å². The van der Waals surface area contributed by atoms with E-state index in [1.54, 1.807) is 0 Å². The number of aliphatic hydroxyl groups is 1. The van der Waals surface area contributed by atoms with Gasteiger partial charge in [0.25, 0.3) is 0 Å². The minimum atomic E-state index is 0.0932. The lowest BCUT2D eigenvalue weighted by Gasteiger charge is -2.08. The van der Waals surface area contributed by atoms with Gasteiger partial charge >= 0.3 is 0 Å². The van der Waals surface area contributed by atoms with E-state index in [1.807, 2.05) is 54.6 Å². The average molecular weight is 228 g/mol. The predicted octanol–water partition coefficient (Wildman–Crippen LogP) is 2.30. The molecule has 0 fully saturated rings. The lowest BCUT2D eigenvalue weighted by molar-refractivity contribution is 0.282. The maximum atomic E-state index is 8.93. The van der Waals surface area contributed by atoms with E-state index in [4.69, 9.17) is 5.11 Å². The number of rotatable bonds is 5. The Hall–Kier alpha value is -1.84. The molecule has 3 N–H and O–H groups in total. The number of hydrogen-bond donors (Lipinski definition) is 3. The van der Waals surface area contributed by atoms with Crippen molar-refractivity contribution in [2.75, 3.05) is 5.43 Å². The lowest BCUT2D eigenvalue weighted by Crippen LogP contribution is -2.20. The van der Waals surface area contributed by atoms with Crippen LogP contribution in [0.4, 0.5) is 5.69 Å². The summed E-state index contributed by atoms with van der Waals surface area (Å²) in [6, 6.07) is 17.8. The van der Waals surface area contributed by atoms with Gasteiger partial charge < -0.3 is 10.5 Å². The number of anilines is 1. The normalized spacial score (nSPS) is 10.2. The number of nitrogens with one attached hydrogen (secondary N) is 2. The van der Waals surface area contributed by atoms with Gasteiger partial charge in [0.15, 0.2) is 0 Å². The fourth-order valence-electron chi connectivity index (χ4n) is 1.53. The first-order valence-corrected chi connectivity index (χ1v) is 5.61. The van der Waals surface area contributed by atoms with E-state index in [0.29, 0.717) is 0 Å². The molecule has 0 atom stereocenters. The molecule has 0 unspecified atom stereocenters. The van der Waals surface area contributed by atoms with Crippen molar-refractivity contribution in [3.8, 4) is 0 Å². The predicted molar refractivity (Wildman–Crippen MR) is 69.3 cm³/mol. The Morgan fingerprint density at radius 3 is 2.12 bits per heavy atom. The molecular formula is C14H16N2O. The highest BCUT2D eigenvalue weighted by Crippen LogP contribution is 2.05. The van der Waals surface area contributed by atoms with Gasteiger partial charge in [0.2, 0.25) is 0 Å². The van der Waals surface area contributed by atoms with Crippen LogP contribution in [-0.2, 0) is 13.2 Å². The van der Waals surface area contributed by atoms with Gasteiger partial charge in [-0.3, -0.25) is 0 Å². The Labute approximate surface area is 101 Å². The minimum Gasteiger partial charge on any atom is -0.392 e. The molecule has 3 nitrogen and oxygen atoms in total. The third kappa shape index (κ3) is 3.59. The van der Waals surface area contributed by atoms with Crippen molar-refractivity contribution < 1.29 is 5.11 Å². The maximum absolute atomic E-state index is 8.93. The highest BCUT2D eigenvalue weighted by Gasteiger charge is 1.93. The van der Waals surface area contributed by atoms with Gasteiger partial charge in [-0.25, -0.2) is 5.43 Å². The monoisotopic (exact) mass is 228 g/mol. The van der Waals surface area contributed by atoms with Crippen LogP contribution in [0.5, 0.6) is 0 Å². The zero-order chi connectivity index (χ0) is 11.9. The molecule has 2 aromatic rings. The van der Waals surface area contributed by atoms with Gasteiger partial charge in [-0.15, -0.1) is 0 Å². The number of hydrogen-bond acceptors (Lipinski definition) is 3. The van der Waals surface area contributed by atoms with Gasteiger partial charge in [0, 0.05) is 12.2 Å². The largest absolute Gasteiger partial charge is 0.392 e. The molecule has 2 rings (SSSR count). The van der Waals surface area contributed by atoms with Crippen molar-refractivity contribution in [3.63, 3.8) is 0 Å². The van der Waals surface area contributed by atoms with Crippen LogP contribution in [0, 0.1) is 0 Å². The molecule has 0 aromatic heterocycles. The SMILES string of the molecule is OCc1ccc(CNNc2ccccc2)cc1. The maximum Gasteiger partial charge on any atom is 0.0681 e. The lowest BCUT2D eigenvalue weighted by atomic mass is 10.1. The molecule has 0 spiro atoms. The second-order valence-corrected chi connectivity index (χ2v) is 3.82. The molecule has 0 heterocycles. The number of aliphatic hydroxyl groups excluding tert-OH is 1. The van der Waals surface area contributed by atoms with E-state index >= 15 is 0 Å². The Morgan fingerprint density at radius 2 is 1.47 bits per heavy atom. The Bertz CT molecular complexity index is 440. The molecule has 0 aliphatic carbocycles. The van der Waals surface area contributed by atoms with Crippen molar-refractivity contribution in [1.29, 1.82) is 0 Å². The zero-order valence-electron chi connectivity index (χ0n) is 9.56. The summed E-state index contributed by atoms with van der Waals surface area (Å²) in [5.74, 6) is 0. The second kappa shape index (κ2) is 6.03. The molecule has 0 aliphatic heterocycles. The highest BCUT2D eigenvalue weighted by molar-refractivity contribution is 5.41. The van der Waals surface area contributed by atoms with Crippen molar-refractivity contribution in [1.82, 2.24) is 5.43 Å². The summed E-state index contributed by atoms with van der Waals surface area (Å²) in [6.07, 6.45) is 0. The third-order valence-electron chi connectivity index (χ3n) is 2.50. The molecule has 0 radical (unpaired) electrons. The number of para-hydroxylation sites is 1. The molecular weight excluding hydrogens is 212 g/mol. The molecule has 88 valence electrons. The van der Waals surface area contributed by atoms with E-state index in [1.165, 1.54) is 5.56 Å². The Morgan fingerprint density at radius 1 is 0.824 bits per heavy atom. The first-order valence-electron chi connectivity index (χ1n) is 5.61. The van der Waals surface area contributed by atoms with Gasteiger partial charge in [0.1, 0.15) is 0 Å². The quantitative estimate of drug-likeness (QED) is 0.688. The standard InChI is InChI=1S/C14H16N2O/c17-11-13-8-6-12(7-9-13)10-15-16-14-4-2-1-3-5-14/h1-9,15-17H,10-11H2. The summed E-state index contributed by atoms with van der Waals surface area (Å²) in [4.78, 5) is 0. The van der Waals surface area contributed by atoms with Gasteiger partial charge in [0.05, 0.1) is 6.61 Å². The van der Waals surface area contributed by atoms with Crippen LogP contribution in [0.3, 0.4) is 0 Å². The molecule has 17 heavy (non-hydrogen) atoms. The molecule has 0 bridgehead atoms. The van der Waals surface area contributed by atoms with Crippen LogP contribution < -0.4 is 10.9 Å². The van der Waals surface area contributed by atoms with Gasteiger partial charge in [-0.05, 0) is 23.3 Å². The van der Waals surface area contributed by atoms with Crippen molar-refractivity contribution >= 4 is 5.69 Å². The highest BCUT2D eigenvalue weighted by atomic mass is 16.3. The molecule has 0 saturated carbocycles. The first kappa shape index (κ1) is 11.6. The summed E-state index contributed by atoms with van der Waals surface area (Å²) < 4.78 is 0. The van der Waals surface area contributed by atoms with Crippen LogP contribution in [0.25, 0.3) is 0 Å². The molecule has 0 amide bonds. The number of hydrazine groups is 1. The topological polar surface area (TPSA) is 44.3 Å². The Balaban J connectivity index is 1.82. The summed E-state index contributed by atoms with van der Waals surface area (Å²) in [5.41, 5.74) is 9.41. The zero-order valence-corrected chi connectivity index (χ0v) is 9.56. The van der Waals surface area contributed by atoms with Crippen LogP contribution in [0.1, 0.15) is 11.1 Å². The van der Waals surface area contributed by atoms with E-state index in [2.05, 4.69) is 10.9 Å². The van der Waals surface area contributed by atoms with Crippen molar-refractivity contribution in [2.45, 2.75) is 13.2 Å². The van der Waals surface area contributed by atoms with Crippen LogP contribution in [-0.4, -0.2) is 5.11 Å². The third-order valence-corrected chi connectivity index (χ3v) is 2.50. The fraction of sp³-hybridized carbons (Fsp3) is 0.143. The van der Waals surface area contributed by atoms with E-state index in [0.717, 1.165) is 17.8 Å². The summed E-state index contributed by atoms with van der Waals surface area (Å²) in [7, 11) is 0. The van der Waals surface area contributed by atoms with E-state index < -0.39 is 0 Å². The van der Waals surface area contributed by atoms with Crippen LogP contribution in [0.2, 0.25) is 0 Å². The summed E-state index contributed by atoms with van der Waals surface area (Å²) in [5, 5.41) is 8.93. The Kier molecular flexibility index (Phi) is 4.13. The summed E-state index contributed by atoms with van der Waals surface area (Å²) in [6.45, 7) is 0.830. The van der Waals surface area contributed by atoms with E-state index in [9.17, 15) is 0 Å². The number of benzene rings is 2. The van der Waals surface area contributed by atoms with Crippen LogP contribution >= 0.6 is 0 Å². The molecule has 0 aliphatic rings. The van der Waals surface area contributed by atoms with Crippen LogP contribution in [0.15, 0.2) is 54.6 Å². The molecule has 3 heteroatoms. The average Bonchev–Trinajstić information content (AvgIpc) is 2.41. The first-order chi connectivity index (χ1) is 8.38. The molecule has 2 aromatic carbocycles.